The van der Waals surface area contributed by atoms with Crippen LogP contribution < -0.4 is 15.7 Å². The lowest BCUT2D eigenvalue weighted by molar-refractivity contribution is -0.122. The summed E-state index contributed by atoms with van der Waals surface area (Å²) in [5.74, 6) is -0.345. The molecule has 0 bridgehead atoms. The van der Waals surface area contributed by atoms with Crippen LogP contribution in [0.1, 0.15) is 28.4 Å². The number of ether oxygens (including phenoxy) is 1. The van der Waals surface area contributed by atoms with Crippen LogP contribution in [0.5, 0.6) is 5.75 Å². The number of anilines is 1. The van der Waals surface area contributed by atoms with Gasteiger partial charge in [0.05, 0.1) is 5.69 Å². The highest BCUT2D eigenvalue weighted by Gasteiger charge is 2.20. The molecule has 6 nitrogen and oxygen atoms in total. The number of rotatable bonds is 6. The van der Waals surface area contributed by atoms with Crippen molar-refractivity contribution in [2.45, 2.75) is 20.0 Å². The normalized spacial score (nSPS) is 11.7. The summed E-state index contributed by atoms with van der Waals surface area (Å²) in [7, 11) is 0. The van der Waals surface area contributed by atoms with Gasteiger partial charge in [-0.1, -0.05) is 41.9 Å². The standard InChI is InChI=1S/C26H20ClNO5/c1-15-12-24(29)33-23-14-19(9-10-20(15)23)32-16(2)26(31)28-22-11-8-18(27)13-21(22)25(30)17-6-4-3-5-7-17/h3-14,16H,1-2H3,(H,28,31). The van der Waals surface area contributed by atoms with Crippen molar-refractivity contribution in [3.05, 3.63) is 105 Å². The number of carbonyl (C=O) groups is 2. The van der Waals surface area contributed by atoms with Gasteiger partial charge in [0.2, 0.25) is 0 Å². The Kier molecular flexibility index (Phi) is 6.29. The van der Waals surface area contributed by atoms with E-state index >= 15 is 0 Å². The van der Waals surface area contributed by atoms with Crippen LogP contribution in [0.15, 0.2) is 82.0 Å². The van der Waals surface area contributed by atoms with Crippen molar-refractivity contribution < 1.29 is 18.7 Å². The van der Waals surface area contributed by atoms with Crippen LogP contribution in [0.4, 0.5) is 5.69 Å². The van der Waals surface area contributed by atoms with Crippen molar-refractivity contribution in [2.75, 3.05) is 5.32 Å². The van der Waals surface area contributed by atoms with Gasteiger partial charge in [-0.25, -0.2) is 4.79 Å². The molecule has 1 heterocycles. The SMILES string of the molecule is Cc1cc(=O)oc2cc(OC(C)C(=O)Nc3ccc(Cl)cc3C(=O)c3ccccc3)ccc12. The largest absolute Gasteiger partial charge is 0.481 e. The van der Waals surface area contributed by atoms with Crippen molar-refractivity contribution in [2.24, 2.45) is 0 Å². The molecule has 0 spiro atoms. The lowest BCUT2D eigenvalue weighted by Gasteiger charge is -2.17. The second kappa shape index (κ2) is 9.30. The van der Waals surface area contributed by atoms with Gasteiger partial charge < -0.3 is 14.5 Å². The molecule has 3 aromatic carbocycles. The van der Waals surface area contributed by atoms with E-state index in [1.165, 1.54) is 12.1 Å². The Balaban J connectivity index is 1.54. The molecule has 4 aromatic rings. The van der Waals surface area contributed by atoms with Gasteiger partial charge in [-0.2, -0.15) is 0 Å². The van der Waals surface area contributed by atoms with Gasteiger partial charge in [0.25, 0.3) is 5.91 Å². The number of ketones is 1. The molecule has 0 fully saturated rings. The number of amides is 1. The van der Waals surface area contributed by atoms with E-state index < -0.39 is 17.6 Å². The molecule has 1 atom stereocenters. The van der Waals surface area contributed by atoms with Crippen LogP contribution in [0.25, 0.3) is 11.0 Å². The van der Waals surface area contributed by atoms with Crippen LogP contribution in [0.2, 0.25) is 5.02 Å². The predicted molar refractivity (Wildman–Crippen MR) is 127 cm³/mol. The zero-order valence-corrected chi connectivity index (χ0v) is 18.7. The molecule has 1 amide bonds. The maximum Gasteiger partial charge on any atom is 0.336 e. The fraction of sp³-hybridized carbons (Fsp3) is 0.115. The highest BCUT2D eigenvalue weighted by Crippen LogP contribution is 2.26. The lowest BCUT2D eigenvalue weighted by Crippen LogP contribution is -2.30. The van der Waals surface area contributed by atoms with Gasteiger partial charge in [-0.15, -0.1) is 0 Å². The van der Waals surface area contributed by atoms with Gasteiger partial charge in [0.15, 0.2) is 11.9 Å². The van der Waals surface area contributed by atoms with Gasteiger partial charge in [-0.3, -0.25) is 9.59 Å². The van der Waals surface area contributed by atoms with Crippen LogP contribution >= 0.6 is 11.6 Å². The number of hydrogen-bond donors (Lipinski definition) is 1. The van der Waals surface area contributed by atoms with Crippen molar-refractivity contribution >= 4 is 39.9 Å². The highest BCUT2D eigenvalue weighted by molar-refractivity contribution is 6.31. The first-order valence-corrected chi connectivity index (χ1v) is 10.6. The average Bonchev–Trinajstić information content (AvgIpc) is 2.80. The third-order valence-corrected chi connectivity index (χ3v) is 5.36. The number of fused-ring (bicyclic) bond motifs is 1. The second-order valence-corrected chi connectivity index (χ2v) is 7.98. The molecule has 33 heavy (non-hydrogen) atoms. The fourth-order valence-electron chi connectivity index (χ4n) is 3.43. The minimum atomic E-state index is -0.894. The maximum absolute atomic E-state index is 13.0. The van der Waals surface area contributed by atoms with E-state index in [0.29, 0.717) is 27.6 Å². The minimum Gasteiger partial charge on any atom is -0.481 e. The molecule has 0 saturated heterocycles. The van der Waals surface area contributed by atoms with Crippen LogP contribution in [-0.2, 0) is 4.79 Å². The molecule has 1 N–H and O–H groups in total. The Hall–Kier alpha value is -3.90. The Morgan fingerprint density at radius 1 is 1.00 bits per heavy atom. The first-order valence-electron chi connectivity index (χ1n) is 10.2. The molecule has 1 unspecified atom stereocenters. The van der Waals surface area contributed by atoms with E-state index in [-0.39, 0.29) is 11.3 Å². The smallest absolute Gasteiger partial charge is 0.336 e. The summed E-state index contributed by atoms with van der Waals surface area (Å²) in [6.07, 6.45) is -0.894. The third-order valence-electron chi connectivity index (χ3n) is 5.12. The topological polar surface area (TPSA) is 85.6 Å². The molecule has 0 saturated carbocycles. The molecule has 0 aliphatic heterocycles. The monoisotopic (exact) mass is 461 g/mol. The Morgan fingerprint density at radius 3 is 2.52 bits per heavy atom. The van der Waals surface area contributed by atoms with Gasteiger partial charge in [0, 0.05) is 33.7 Å². The molecular weight excluding hydrogens is 442 g/mol. The molecular formula is C26H20ClNO5. The quantitative estimate of drug-likeness (QED) is 0.307. The Labute approximate surface area is 194 Å². The van der Waals surface area contributed by atoms with Gasteiger partial charge in [0.1, 0.15) is 11.3 Å². The summed E-state index contributed by atoms with van der Waals surface area (Å²) in [5.41, 5.74) is 1.79. The fourth-order valence-corrected chi connectivity index (χ4v) is 3.60. The molecule has 0 radical (unpaired) electrons. The van der Waals surface area contributed by atoms with E-state index in [0.717, 1.165) is 10.9 Å². The number of aryl methyl sites for hydroxylation is 1. The van der Waals surface area contributed by atoms with Crippen molar-refractivity contribution in [3.63, 3.8) is 0 Å². The summed E-state index contributed by atoms with van der Waals surface area (Å²) in [5, 5.41) is 3.91. The minimum absolute atomic E-state index is 0.262. The van der Waals surface area contributed by atoms with E-state index in [1.807, 2.05) is 13.0 Å². The van der Waals surface area contributed by atoms with Crippen molar-refractivity contribution in [1.29, 1.82) is 0 Å². The van der Waals surface area contributed by atoms with E-state index in [9.17, 15) is 14.4 Å². The van der Waals surface area contributed by atoms with E-state index in [1.54, 1.807) is 61.5 Å². The molecule has 7 heteroatoms. The number of nitrogens with one attached hydrogen (secondary N) is 1. The van der Waals surface area contributed by atoms with Crippen molar-refractivity contribution in [3.8, 4) is 5.75 Å². The Bertz CT molecular complexity index is 1410. The first-order chi connectivity index (χ1) is 15.8. The number of hydrogen-bond acceptors (Lipinski definition) is 5. The number of halogens is 1. The molecule has 1 aromatic heterocycles. The zero-order chi connectivity index (χ0) is 23.5. The third kappa shape index (κ3) is 4.96. The van der Waals surface area contributed by atoms with Gasteiger partial charge >= 0.3 is 5.63 Å². The molecule has 0 aliphatic carbocycles. The lowest BCUT2D eigenvalue weighted by atomic mass is 10.0. The van der Waals surface area contributed by atoms with E-state index in [4.69, 9.17) is 20.8 Å². The summed E-state index contributed by atoms with van der Waals surface area (Å²) >= 11 is 6.10. The number of carbonyl (C=O) groups excluding carboxylic acids is 2. The van der Waals surface area contributed by atoms with Crippen molar-refractivity contribution in [1.82, 2.24) is 0 Å². The molecule has 4 rings (SSSR count). The summed E-state index contributed by atoms with van der Waals surface area (Å²) < 4.78 is 11.0. The molecule has 166 valence electrons. The maximum atomic E-state index is 13.0. The summed E-state index contributed by atoms with van der Waals surface area (Å²) in [4.78, 5) is 37.4. The Morgan fingerprint density at radius 2 is 1.76 bits per heavy atom. The second-order valence-electron chi connectivity index (χ2n) is 7.54. The molecule has 0 aliphatic rings. The average molecular weight is 462 g/mol. The van der Waals surface area contributed by atoms with Gasteiger partial charge in [-0.05, 0) is 49.7 Å². The first kappa shape index (κ1) is 22.3. The van der Waals surface area contributed by atoms with E-state index in [2.05, 4.69) is 5.32 Å². The highest BCUT2D eigenvalue weighted by atomic mass is 35.5. The van der Waals surface area contributed by atoms with Crippen LogP contribution in [0, 0.1) is 6.92 Å². The summed E-state index contributed by atoms with van der Waals surface area (Å²) in [6.45, 7) is 3.40. The zero-order valence-electron chi connectivity index (χ0n) is 17.9. The predicted octanol–water partition coefficient (Wildman–Crippen LogP) is 5.39. The van der Waals surface area contributed by atoms with Crippen LogP contribution in [-0.4, -0.2) is 17.8 Å². The summed E-state index contributed by atoms with van der Waals surface area (Å²) in [6, 6.07) is 19.9. The van der Waals surface area contributed by atoms with Crippen LogP contribution in [0.3, 0.4) is 0 Å². The number of benzene rings is 3.